The van der Waals surface area contributed by atoms with Crippen LogP contribution in [0.1, 0.15) is 0 Å². The van der Waals surface area contributed by atoms with Crippen molar-refractivity contribution in [2.75, 3.05) is 0 Å². The van der Waals surface area contributed by atoms with Crippen molar-refractivity contribution in [1.29, 1.82) is 0 Å². The van der Waals surface area contributed by atoms with Gasteiger partial charge in [0.2, 0.25) is 0 Å². The molecule has 0 aliphatic heterocycles. The Labute approximate surface area is 84.3 Å². The highest BCUT2D eigenvalue weighted by molar-refractivity contribution is 5.97. The summed E-state index contributed by atoms with van der Waals surface area (Å²) in [7, 11) is 0. The standard InChI is InChI=1S/C10H6N2O3/c13-10-7-4-2-1-3-6(7)5-8(11-14)9(10)12-15/h1-5,13H. The molecule has 0 heterocycles. The number of phenols is 1. The Hall–Kier alpha value is -2.30. The summed E-state index contributed by atoms with van der Waals surface area (Å²) in [6.07, 6.45) is 0. The molecule has 0 unspecified atom stereocenters. The van der Waals surface area contributed by atoms with Crippen molar-refractivity contribution in [1.82, 2.24) is 0 Å². The van der Waals surface area contributed by atoms with Crippen LogP contribution < -0.4 is 0 Å². The van der Waals surface area contributed by atoms with Gasteiger partial charge >= 0.3 is 0 Å². The largest absolute Gasteiger partial charge is 0.505 e. The molecule has 5 nitrogen and oxygen atoms in total. The Morgan fingerprint density at radius 2 is 1.80 bits per heavy atom. The zero-order chi connectivity index (χ0) is 10.8. The van der Waals surface area contributed by atoms with Crippen molar-refractivity contribution in [2.45, 2.75) is 0 Å². The maximum Gasteiger partial charge on any atom is 0.179 e. The number of hydrogen-bond donors (Lipinski definition) is 1. The van der Waals surface area contributed by atoms with Crippen molar-refractivity contribution >= 4 is 22.1 Å². The number of hydrogen-bond acceptors (Lipinski definition) is 5. The minimum absolute atomic E-state index is 0.152. The highest BCUT2D eigenvalue weighted by atomic mass is 16.3. The Bertz CT molecular complexity index is 552. The second-order valence-electron chi connectivity index (χ2n) is 3.00. The molecule has 0 aliphatic carbocycles. The number of aromatic hydroxyl groups is 1. The van der Waals surface area contributed by atoms with E-state index in [9.17, 15) is 14.9 Å². The Morgan fingerprint density at radius 3 is 2.47 bits per heavy atom. The Kier molecular flexibility index (Phi) is 2.13. The molecular weight excluding hydrogens is 196 g/mol. The summed E-state index contributed by atoms with van der Waals surface area (Å²) < 4.78 is 0. The molecule has 0 saturated carbocycles. The summed E-state index contributed by atoms with van der Waals surface area (Å²) in [6, 6.07) is 8.22. The third kappa shape index (κ3) is 1.34. The molecule has 2 aromatic rings. The van der Waals surface area contributed by atoms with Crippen molar-refractivity contribution in [2.24, 2.45) is 10.4 Å². The van der Waals surface area contributed by atoms with Crippen LogP contribution in [0.15, 0.2) is 40.7 Å². The first-order valence-electron chi connectivity index (χ1n) is 4.19. The van der Waals surface area contributed by atoms with E-state index in [0.717, 1.165) is 0 Å². The second kappa shape index (κ2) is 3.45. The number of nitrogens with zero attached hydrogens (tertiary/aromatic N) is 2. The SMILES string of the molecule is O=Nc1cc2ccccc2c(O)c1N=O. The van der Waals surface area contributed by atoms with E-state index >= 15 is 0 Å². The first kappa shape index (κ1) is 9.26. The first-order chi connectivity index (χ1) is 7.27. The molecular formula is C10H6N2O3. The molecule has 0 fully saturated rings. The number of benzene rings is 2. The molecule has 2 rings (SSSR count). The average Bonchev–Trinajstić information content (AvgIpc) is 2.29. The lowest BCUT2D eigenvalue weighted by Crippen LogP contribution is -1.76. The smallest absolute Gasteiger partial charge is 0.179 e. The summed E-state index contributed by atoms with van der Waals surface area (Å²) in [5, 5.41) is 16.0. The van der Waals surface area contributed by atoms with E-state index in [-0.39, 0.29) is 17.1 Å². The minimum atomic E-state index is -0.316. The van der Waals surface area contributed by atoms with Gasteiger partial charge in [0, 0.05) is 5.39 Å². The monoisotopic (exact) mass is 202 g/mol. The molecule has 15 heavy (non-hydrogen) atoms. The van der Waals surface area contributed by atoms with Crippen molar-refractivity contribution < 1.29 is 5.11 Å². The van der Waals surface area contributed by atoms with E-state index in [1.807, 2.05) is 0 Å². The molecule has 0 radical (unpaired) electrons. The summed E-state index contributed by atoms with van der Waals surface area (Å²) in [5.74, 6) is -0.308. The van der Waals surface area contributed by atoms with E-state index in [1.54, 1.807) is 24.3 Å². The van der Waals surface area contributed by atoms with Gasteiger partial charge in [0.25, 0.3) is 0 Å². The molecule has 0 saturated heterocycles. The number of phenolic OH excluding ortho intramolecular Hbond substituents is 1. The van der Waals surface area contributed by atoms with Gasteiger partial charge in [0.1, 0.15) is 5.69 Å². The highest BCUT2D eigenvalue weighted by Crippen LogP contribution is 2.42. The fourth-order valence-corrected chi connectivity index (χ4v) is 1.46. The van der Waals surface area contributed by atoms with Crippen LogP contribution in [0.4, 0.5) is 11.4 Å². The highest BCUT2D eigenvalue weighted by Gasteiger charge is 2.13. The van der Waals surface area contributed by atoms with Crippen LogP contribution in [0.2, 0.25) is 0 Å². The summed E-state index contributed by atoms with van der Waals surface area (Å²) in [6.45, 7) is 0. The summed E-state index contributed by atoms with van der Waals surface area (Å²) in [4.78, 5) is 20.9. The van der Waals surface area contributed by atoms with Crippen LogP contribution >= 0.6 is 0 Å². The van der Waals surface area contributed by atoms with Gasteiger partial charge < -0.3 is 5.11 Å². The van der Waals surface area contributed by atoms with Gasteiger partial charge in [-0.2, -0.15) is 0 Å². The van der Waals surface area contributed by atoms with Crippen LogP contribution in [0.25, 0.3) is 10.8 Å². The quantitative estimate of drug-likeness (QED) is 0.758. The van der Waals surface area contributed by atoms with Crippen LogP contribution in [0.5, 0.6) is 5.75 Å². The molecule has 5 heteroatoms. The number of nitroso groups, excluding NO2 is 2. The fourth-order valence-electron chi connectivity index (χ4n) is 1.46. The predicted octanol–water partition coefficient (Wildman–Crippen LogP) is 3.34. The van der Waals surface area contributed by atoms with Crippen molar-refractivity contribution in [3.8, 4) is 5.75 Å². The molecule has 0 aliphatic rings. The van der Waals surface area contributed by atoms with Gasteiger partial charge in [0.05, 0.1) is 0 Å². The molecule has 74 valence electrons. The number of fused-ring (bicyclic) bond motifs is 1. The summed E-state index contributed by atoms with van der Waals surface area (Å²) in [5.41, 5.74) is -0.468. The molecule has 0 amide bonds. The Balaban J connectivity index is 2.93. The molecule has 0 atom stereocenters. The van der Waals surface area contributed by atoms with E-state index in [2.05, 4.69) is 10.4 Å². The maximum atomic E-state index is 10.4. The fraction of sp³-hybridized carbons (Fsp3) is 0. The summed E-state index contributed by atoms with van der Waals surface area (Å²) >= 11 is 0. The van der Waals surface area contributed by atoms with E-state index < -0.39 is 0 Å². The van der Waals surface area contributed by atoms with Crippen LogP contribution in [0.3, 0.4) is 0 Å². The zero-order valence-electron chi connectivity index (χ0n) is 7.54. The van der Waals surface area contributed by atoms with Gasteiger partial charge in [-0.15, -0.1) is 9.81 Å². The molecule has 2 aromatic carbocycles. The van der Waals surface area contributed by atoms with Crippen molar-refractivity contribution in [3.63, 3.8) is 0 Å². The maximum absolute atomic E-state index is 10.4. The average molecular weight is 202 g/mol. The molecule has 0 bridgehead atoms. The lowest BCUT2D eigenvalue weighted by molar-refractivity contribution is 0.483. The van der Waals surface area contributed by atoms with Gasteiger partial charge in [-0.25, -0.2) is 0 Å². The molecule has 1 N–H and O–H groups in total. The van der Waals surface area contributed by atoms with Gasteiger partial charge in [-0.1, -0.05) is 24.3 Å². The molecule has 0 spiro atoms. The topological polar surface area (TPSA) is 79.1 Å². The Morgan fingerprint density at radius 1 is 1.07 bits per heavy atom. The number of rotatable bonds is 2. The van der Waals surface area contributed by atoms with E-state index in [1.165, 1.54) is 6.07 Å². The second-order valence-corrected chi connectivity index (χ2v) is 3.00. The van der Waals surface area contributed by atoms with Gasteiger partial charge in [-0.3, -0.25) is 0 Å². The van der Waals surface area contributed by atoms with Crippen LogP contribution in [-0.2, 0) is 0 Å². The van der Waals surface area contributed by atoms with E-state index in [4.69, 9.17) is 0 Å². The van der Waals surface area contributed by atoms with Crippen LogP contribution in [0, 0.1) is 9.81 Å². The third-order valence-corrected chi connectivity index (χ3v) is 2.16. The predicted molar refractivity (Wildman–Crippen MR) is 56.5 cm³/mol. The lowest BCUT2D eigenvalue weighted by atomic mass is 10.1. The van der Waals surface area contributed by atoms with Gasteiger partial charge in [0.15, 0.2) is 11.4 Å². The van der Waals surface area contributed by atoms with Crippen molar-refractivity contribution in [3.05, 3.63) is 40.1 Å². The third-order valence-electron chi connectivity index (χ3n) is 2.16. The zero-order valence-corrected chi connectivity index (χ0v) is 7.54. The normalized spacial score (nSPS) is 10.1. The molecule has 0 aromatic heterocycles. The minimum Gasteiger partial charge on any atom is -0.505 e. The lowest BCUT2D eigenvalue weighted by Gasteiger charge is -2.03. The van der Waals surface area contributed by atoms with Crippen LogP contribution in [-0.4, -0.2) is 5.11 Å². The van der Waals surface area contributed by atoms with E-state index in [0.29, 0.717) is 10.8 Å². The van der Waals surface area contributed by atoms with Gasteiger partial charge in [-0.05, 0) is 21.8 Å². The first-order valence-corrected chi connectivity index (χ1v) is 4.19.